The first-order valence-electron chi connectivity index (χ1n) is 23.9. The van der Waals surface area contributed by atoms with Gasteiger partial charge < -0.3 is 14.8 Å². The normalized spacial score (nSPS) is 13.0. The van der Waals surface area contributed by atoms with E-state index in [0.717, 1.165) is 44.1 Å². The van der Waals surface area contributed by atoms with Crippen LogP contribution in [0.5, 0.6) is 0 Å². The molecule has 9 heteroatoms. The molecule has 1 aromatic carbocycles. The van der Waals surface area contributed by atoms with Crippen LogP contribution in [0.15, 0.2) is 102 Å². The Labute approximate surface area is 372 Å². The summed E-state index contributed by atoms with van der Waals surface area (Å²) in [4.78, 5) is 54.2. The predicted molar refractivity (Wildman–Crippen MR) is 245 cm³/mol. The molecule has 0 fully saturated rings. The number of esters is 2. The molecule has 0 aliphatic carbocycles. The number of benzene rings is 1. The van der Waals surface area contributed by atoms with Gasteiger partial charge in [0.05, 0.1) is 52.8 Å². The first kappa shape index (κ1) is 49.7. The van der Waals surface area contributed by atoms with Gasteiger partial charge >= 0.3 is 11.9 Å². The number of allylic oxidation sites excluding steroid dienone is 2. The lowest BCUT2D eigenvalue weighted by Crippen LogP contribution is -2.46. The number of nitrogens with one attached hydrogen (secondary N) is 1. The van der Waals surface area contributed by atoms with Crippen LogP contribution in [-0.2, 0) is 32.2 Å². The molecule has 1 aliphatic heterocycles. The molecule has 0 amide bonds. The van der Waals surface area contributed by atoms with E-state index in [9.17, 15) is 19.2 Å². The molecule has 0 saturated carbocycles. The van der Waals surface area contributed by atoms with Crippen LogP contribution in [0.2, 0.25) is 0 Å². The van der Waals surface area contributed by atoms with E-state index in [1.165, 1.54) is 104 Å². The second kappa shape index (κ2) is 28.6. The van der Waals surface area contributed by atoms with Gasteiger partial charge in [0.1, 0.15) is 0 Å². The van der Waals surface area contributed by atoms with Gasteiger partial charge in [0.25, 0.3) is 0 Å². The largest absolute Gasteiger partial charge is 0.462 e. The fourth-order valence-electron chi connectivity index (χ4n) is 8.21. The average Bonchev–Trinajstić information content (AvgIpc) is 3.27. The summed E-state index contributed by atoms with van der Waals surface area (Å²) >= 11 is 0. The maximum Gasteiger partial charge on any atom is 0.337 e. The fourth-order valence-corrected chi connectivity index (χ4v) is 8.21. The number of nitrogens with zero attached hydrogens (tertiary/aromatic N) is 2. The Morgan fingerprint density at radius 2 is 0.871 bits per heavy atom. The number of hydrogen-bond donors (Lipinski definition) is 1. The first-order chi connectivity index (χ1) is 30.2. The van der Waals surface area contributed by atoms with Gasteiger partial charge in [0.2, 0.25) is 0 Å². The molecule has 62 heavy (non-hydrogen) atoms. The molecule has 3 aromatic rings. The van der Waals surface area contributed by atoms with Crippen molar-refractivity contribution < 1.29 is 37.8 Å². The zero-order chi connectivity index (χ0) is 44.4. The first-order valence-corrected chi connectivity index (χ1v) is 23.9. The summed E-state index contributed by atoms with van der Waals surface area (Å²) in [7, 11) is 0. The standard InChI is InChI=1S/C53H74N3O6/c1-5-7-9-11-13-15-17-19-21-26-36-61-52(59)50-47(40-55-34-28-32-45(38-55)42(3)57)54-48(41-56-35-29-33-46(39-56)43(4)58)51(49(50)44-30-24-23-25-31-44)53(60)62-37-27-22-20-18-16-14-12-10-8-6-2/h23-25,28-35,38-39,49H,5-22,26-27,36-37,40-41H2,1-4H3/q+1/p+1. The van der Waals surface area contributed by atoms with Gasteiger partial charge in [0.15, 0.2) is 49.4 Å². The summed E-state index contributed by atoms with van der Waals surface area (Å²) in [6, 6.07) is 16.8. The van der Waals surface area contributed by atoms with E-state index in [4.69, 9.17) is 9.47 Å². The summed E-state index contributed by atoms with van der Waals surface area (Å²) in [5, 5.41) is 3.54. The van der Waals surface area contributed by atoms with Gasteiger partial charge in [-0.25, -0.2) is 9.59 Å². The second-order valence-electron chi connectivity index (χ2n) is 17.0. The van der Waals surface area contributed by atoms with E-state index < -0.39 is 17.9 Å². The SMILES string of the molecule is CCCCCCCCCCCCOC(=O)C1=C(C[n+]2cccc(C(C)=O)c2)NC(C[n+]2cccc(C(C)=O)c2)=C(C(=O)OCCCCCCCCCCCC)C1c1ccccc1. The molecule has 1 aliphatic rings. The number of dihydropyridines is 1. The Morgan fingerprint density at radius 3 is 1.24 bits per heavy atom. The van der Waals surface area contributed by atoms with Crippen molar-refractivity contribution >= 4 is 23.5 Å². The Morgan fingerprint density at radius 1 is 0.500 bits per heavy atom. The molecule has 0 bridgehead atoms. The molecule has 0 unspecified atom stereocenters. The lowest BCUT2D eigenvalue weighted by Gasteiger charge is -2.31. The van der Waals surface area contributed by atoms with Crippen molar-refractivity contribution in [3.05, 3.63) is 119 Å². The maximum atomic E-state index is 14.6. The molecule has 9 nitrogen and oxygen atoms in total. The topological polar surface area (TPSA) is 107 Å². The van der Waals surface area contributed by atoms with E-state index in [1.807, 2.05) is 64.0 Å². The van der Waals surface area contributed by atoms with E-state index in [-0.39, 0.29) is 37.9 Å². The molecule has 4 rings (SSSR count). The van der Waals surface area contributed by atoms with Gasteiger partial charge in [-0.05, 0) is 44.4 Å². The molecule has 0 radical (unpaired) electrons. The average molecular weight is 850 g/mol. The van der Waals surface area contributed by atoms with Crippen molar-refractivity contribution in [2.75, 3.05) is 13.2 Å². The molecule has 0 saturated heterocycles. The quantitative estimate of drug-likeness (QED) is 0.0297. The predicted octanol–water partition coefficient (Wildman–Crippen LogP) is 11.2. The number of aromatic nitrogens is 2. The van der Waals surface area contributed by atoms with Crippen molar-refractivity contribution in [1.82, 2.24) is 5.32 Å². The number of hydrogen-bond acceptors (Lipinski definition) is 7. The number of ketones is 2. The molecule has 1 N–H and O–H groups in total. The number of rotatable bonds is 31. The molecular formula is C53H75N3O6+2. The lowest BCUT2D eigenvalue weighted by molar-refractivity contribution is -0.692. The van der Waals surface area contributed by atoms with E-state index >= 15 is 0 Å². The second-order valence-corrected chi connectivity index (χ2v) is 17.0. The zero-order valence-electron chi connectivity index (χ0n) is 38.4. The van der Waals surface area contributed by atoms with Crippen molar-refractivity contribution in [1.29, 1.82) is 0 Å². The number of unbranched alkanes of at least 4 members (excludes halogenated alkanes) is 18. The molecule has 2 aromatic heterocycles. The smallest absolute Gasteiger partial charge is 0.337 e. The van der Waals surface area contributed by atoms with E-state index in [0.29, 0.717) is 33.7 Å². The minimum Gasteiger partial charge on any atom is -0.462 e. The summed E-state index contributed by atoms with van der Waals surface area (Å²) < 4.78 is 16.0. The highest BCUT2D eigenvalue weighted by molar-refractivity contribution is 6.00. The molecule has 336 valence electrons. The lowest BCUT2D eigenvalue weighted by atomic mass is 9.80. The monoisotopic (exact) mass is 850 g/mol. The van der Waals surface area contributed by atoms with Crippen molar-refractivity contribution in [2.45, 2.75) is 175 Å². The number of pyridine rings is 2. The Hall–Kier alpha value is -4.92. The summed E-state index contributed by atoms with van der Waals surface area (Å²) in [5.74, 6) is -1.94. The third kappa shape index (κ3) is 17.1. The molecule has 3 heterocycles. The van der Waals surface area contributed by atoms with Crippen molar-refractivity contribution in [3.8, 4) is 0 Å². The number of carbonyl (C=O) groups is 4. The van der Waals surface area contributed by atoms with E-state index in [1.54, 1.807) is 24.5 Å². The molecule has 0 spiro atoms. The number of carbonyl (C=O) groups excluding carboxylic acids is 4. The highest BCUT2D eigenvalue weighted by Gasteiger charge is 2.42. The Kier molecular flexibility index (Phi) is 23.0. The van der Waals surface area contributed by atoms with Gasteiger partial charge in [0, 0.05) is 12.1 Å². The minimum atomic E-state index is -0.809. The highest BCUT2D eigenvalue weighted by atomic mass is 16.5. The van der Waals surface area contributed by atoms with Crippen LogP contribution in [0.25, 0.3) is 0 Å². The summed E-state index contributed by atoms with van der Waals surface area (Å²) in [6.45, 7) is 8.48. The molecule has 0 atom stereocenters. The summed E-state index contributed by atoms with van der Waals surface area (Å²) in [5.41, 5.74) is 3.62. The van der Waals surface area contributed by atoms with Gasteiger partial charge in [-0.3, -0.25) is 9.59 Å². The Bertz CT molecular complexity index is 1800. The maximum absolute atomic E-state index is 14.6. The number of ether oxygens (including phenoxy) is 2. The third-order valence-electron chi connectivity index (χ3n) is 11.8. The third-order valence-corrected chi connectivity index (χ3v) is 11.8. The van der Waals surface area contributed by atoms with Crippen LogP contribution in [0.1, 0.15) is 188 Å². The highest BCUT2D eigenvalue weighted by Crippen LogP contribution is 2.40. The van der Waals surface area contributed by atoms with Crippen LogP contribution in [0.4, 0.5) is 0 Å². The van der Waals surface area contributed by atoms with Crippen LogP contribution in [0, 0.1) is 0 Å². The van der Waals surface area contributed by atoms with Crippen LogP contribution < -0.4 is 14.5 Å². The van der Waals surface area contributed by atoms with Gasteiger partial charge in [-0.2, -0.15) is 9.13 Å². The summed E-state index contributed by atoms with van der Waals surface area (Å²) in [6.07, 6.45) is 30.6. The zero-order valence-corrected chi connectivity index (χ0v) is 38.4. The van der Waals surface area contributed by atoms with Gasteiger partial charge in [-0.15, -0.1) is 0 Å². The van der Waals surface area contributed by atoms with E-state index in [2.05, 4.69) is 19.2 Å². The van der Waals surface area contributed by atoms with Gasteiger partial charge in [-0.1, -0.05) is 160 Å². The van der Waals surface area contributed by atoms with Crippen LogP contribution in [-0.4, -0.2) is 36.7 Å². The van der Waals surface area contributed by atoms with Crippen molar-refractivity contribution in [3.63, 3.8) is 0 Å². The number of Topliss-reactive ketones (excluding diaryl/α,β-unsaturated/α-hetero) is 2. The fraction of sp³-hybridized carbons (Fsp3) is 0.547. The molecular weight excluding hydrogens is 775 g/mol. The van der Waals surface area contributed by atoms with Crippen molar-refractivity contribution in [2.24, 2.45) is 0 Å². The van der Waals surface area contributed by atoms with Crippen LogP contribution in [0.3, 0.4) is 0 Å². The van der Waals surface area contributed by atoms with Crippen LogP contribution >= 0.6 is 0 Å². The Balaban J connectivity index is 1.64. The minimum absolute atomic E-state index is 0.0713.